The highest BCUT2D eigenvalue weighted by atomic mass is 35.5. The van der Waals surface area contributed by atoms with Gasteiger partial charge < -0.3 is 11.1 Å². The summed E-state index contributed by atoms with van der Waals surface area (Å²) in [6, 6.07) is 2.94. The molecule has 31 heavy (non-hydrogen) atoms. The number of dihydropyridines is 1. The second-order valence-electron chi connectivity index (χ2n) is 7.23. The van der Waals surface area contributed by atoms with Crippen LogP contribution in [0.4, 0.5) is 10.3 Å². The van der Waals surface area contributed by atoms with Crippen molar-refractivity contribution in [3.05, 3.63) is 59.0 Å². The second-order valence-corrected chi connectivity index (χ2v) is 9.63. The Labute approximate surface area is 186 Å². The lowest BCUT2D eigenvalue weighted by atomic mass is 10.0. The number of nitrogens with one attached hydrogen (secondary N) is 1. The van der Waals surface area contributed by atoms with Gasteiger partial charge in [0, 0.05) is 30.2 Å². The lowest BCUT2D eigenvalue weighted by Gasteiger charge is -2.26. The Morgan fingerprint density at radius 1 is 1.26 bits per heavy atom. The van der Waals surface area contributed by atoms with E-state index in [1.807, 2.05) is 13.0 Å². The van der Waals surface area contributed by atoms with E-state index < -0.39 is 15.8 Å². The van der Waals surface area contributed by atoms with Crippen LogP contribution in [-0.4, -0.2) is 40.8 Å². The van der Waals surface area contributed by atoms with Crippen molar-refractivity contribution in [3.8, 4) is 0 Å². The third-order valence-electron chi connectivity index (χ3n) is 4.81. The van der Waals surface area contributed by atoms with Crippen molar-refractivity contribution in [2.45, 2.75) is 31.6 Å². The van der Waals surface area contributed by atoms with Crippen LogP contribution in [0.25, 0.3) is 5.70 Å². The molecule has 3 N–H and O–H groups in total. The third kappa shape index (κ3) is 5.57. The average Bonchev–Trinajstić information content (AvgIpc) is 2.74. The summed E-state index contributed by atoms with van der Waals surface area (Å²) >= 11 is 6.41. The molecule has 0 amide bonds. The third-order valence-corrected chi connectivity index (χ3v) is 7.08. The number of hydrogen-bond acceptors (Lipinski definition) is 7. The molecule has 0 fully saturated rings. The first kappa shape index (κ1) is 23.1. The smallest absolute Gasteiger partial charge is 0.246 e. The van der Waals surface area contributed by atoms with Gasteiger partial charge in [0.1, 0.15) is 10.7 Å². The summed E-state index contributed by atoms with van der Waals surface area (Å²) < 4.78 is 40.4. The van der Waals surface area contributed by atoms with Gasteiger partial charge in [0.25, 0.3) is 0 Å². The maximum absolute atomic E-state index is 13.2. The van der Waals surface area contributed by atoms with Gasteiger partial charge >= 0.3 is 0 Å². The van der Waals surface area contributed by atoms with Crippen molar-refractivity contribution < 1.29 is 12.8 Å². The van der Waals surface area contributed by atoms with Gasteiger partial charge in [0.2, 0.25) is 16.0 Å². The average molecular weight is 467 g/mol. The molecule has 1 aliphatic rings. The molecule has 2 aromatic heterocycles. The number of nitrogens with two attached hydrogens (primary N) is 1. The molecule has 1 aliphatic heterocycles. The molecule has 0 aliphatic carbocycles. The molecular weight excluding hydrogens is 443 g/mol. The highest BCUT2D eigenvalue weighted by Crippen LogP contribution is 2.28. The minimum Gasteiger partial charge on any atom is -0.368 e. The molecule has 8 nitrogen and oxygen atoms in total. The van der Waals surface area contributed by atoms with Crippen molar-refractivity contribution in [3.63, 3.8) is 0 Å². The zero-order chi connectivity index (χ0) is 22.6. The zero-order valence-electron chi connectivity index (χ0n) is 17.2. The van der Waals surface area contributed by atoms with Crippen molar-refractivity contribution in [1.29, 1.82) is 0 Å². The molecule has 0 spiro atoms. The van der Waals surface area contributed by atoms with Gasteiger partial charge in [-0.2, -0.15) is 4.31 Å². The van der Waals surface area contributed by atoms with E-state index in [0.717, 1.165) is 17.6 Å². The maximum Gasteiger partial charge on any atom is 0.246 e. The summed E-state index contributed by atoms with van der Waals surface area (Å²) in [7, 11) is -3.75. The minimum absolute atomic E-state index is 0.00334. The van der Waals surface area contributed by atoms with E-state index in [1.54, 1.807) is 13.0 Å². The van der Waals surface area contributed by atoms with Crippen molar-refractivity contribution in [2.75, 3.05) is 18.8 Å². The molecule has 1 atom stereocenters. The predicted molar refractivity (Wildman–Crippen MR) is 117 cm³/mol. The van der Waals surface area contributed by atoms with Crippen LogP contribution in [0.1, 0.15) is 32.4 Å². The van der Waals surface area contributed by atoms with Crippen LogP contribution in [0.15, 0.2) is 52.4 Å². The monoisotopic (exact) mass is 466 g/mol. The topological polar surface area (TPSA) is 114 Å². The SMILES string of the molecule is CCN(C[C@H](C)CC1=C(Cl)CC=C(c2ccc(F)cn2)N1)S(=O)(=O)c1cnc(N)nc1. The second kappa shape index (κ2) is 9.71. The van der Waals surface area contributed by atoms with Gasteiger partial charge in [-0.15, -0.1) is 0 Å². The number of allylic oxidation sites excluding steroid dienone is 3. The summed E-state index contributed by atoms with van der Waals surface area (Å²) in [5.41, 5.74) is 7.60. The van der Waals surface area contributed by atoms with Gasteiger partial charge in [-0.3, -0.25) is 4.98 Å². The standard InChI is InChI=1S/C20H24ClFN6O2S/c1-3-28(31(29,30)15-10-25-20(23)26-11-15)12-13(2)8-19-16(21)5-7-18(27-19)17-6-4-14(22)9-24-17/h4,6-7,9-11,13,27H,3,5,8,12H2,1-2H3,(H2,23,25,26)/t13-/m1/s1. The van der Waals surface area contributed by atoms with Crippen LogP contribution < -0.4 is 11.1 Å². The summed E-state index contributed by atoms with van der Waals surface area (Å²) in [5.74, 6) is -0.434. The Hall–Kier alpha value is -2.56. The fraction of sp³-hybridized carbons (Fsp3) is 0.350. The van der Waals surface area contributed by atoms with Crippen LogP contribution in [0.2, 0.25) is 0 Å². The van der Waals surface area contributed by atoms with E-state index in [-0.39, 0.29) is 23.3 Å². The molecule has 3 heterocycles. The molecule has 166 valence electrons. The largest absolute Gasteiger partial charge is 0.368 e. The fourth-order valence-electron chi connectivity index (χ4n) is 3.23. The van der Waals surface area contributed by atoms with Gasteiger partial charge in [-0.05, 0) is 24.5 Å². The Morgan fingerprint density at radius 2 is 1.97 bits per heavy atom. The summed E-state index contributed by atoms with van der Waals surface area (Å²) in [6.45, 7) is 4.30. The van der Waals surface area contributed by atoms with Crippen molar-refractivity contribution in [2.24, 2.45) is 5.92 Å². The molecule has 2 aromatic rings. The molecule has 3 rings (SSSR count). The summed E-state index contributed by atoms with van der Waals surface area (Å²) in [5, 5.41) is 3.91. The summed E-state index contributed by atoms with van der Waals surface area (Å²) in [6.07, 6.45) is 6.51. The van der Waals surface area contributed by atoms with Gasteiger partial charge in [-0.1, -0.05) is 31.5 Å². The number of pyridine rings is 1. The van der Waals surface area contributed by atoms with E-state index in [0.29, 0.717) is 30.1 Å². The van der Waals surface area contributed by atoms with Crippen molar-refractivity contribution in [1.82, 2.24) is 24.6 Å². The van der Waals surface area contributed by atoms with E-state index >= 15 is 0 Å². The Kier molecular flexibility index (Phi) is 7.24. The number of nitrogens with zero attached hydrogens (tertiary/aromatic N) is 4. The van der Waals surface area contributed by atoms with Crippen LogP contribution in [0.3, 0.4) is 0 Å². The molecule has 0 radical (unpaired) electrons. The lowest BCUT2D eigenvalue weighted by Crippen LogP contribution is -2.35. The molecule has 0 bridgehead atoms. The number of nitrogen functional groups attached to an aromatic ring is 1. The van der Waals surface area contributed by atoms with E-state index in [9.17, 15) is 12.8 Å². The lowest BCUT2D eigenvalue weighted by molar-refractivity contribution is 0.363. The highest BCUT2D eigenvalue weighted by molar-refractivity contribution is 7.89. The number of hydrogen-bond donors (Lipinski definition) is 2. The predicted octanol–water partition coefficient (Wildman–Crippen LogP) is 3.11. The molecule has 0 unspecified atom stereocenters. The van der Waals surface area contributed by atoms with Gasteiger partial charge in [-0.25, -0.2) is 22.8 Å². The molecular formula is C20H24ClFN6O2S. The number of rotatable bonds is 8. The highest BCUT2D eigenvalue weighted by Gasteiger charge is 2.26. The van der Waals surface area contributed by atoms with Crippen LogP contribution in [-0.2, 0) is 10.0 Å². The first-order valence-electron chi connectivity index (χ1n) is 9.75. The normalized spacial score (nSPS) is 15.6. The minimum atomic E-state index is -3.75. The zero-order valence-corrected chi connectivity index (χ0v) is 18.8. The van der Waals surface area contributed by atoms with Crippen LogP contribution in [0, 0.1) is 11.7 Å². The number of aromatic nitrogens is 3. The van der Waals surface area contributed by atoms with Crippen LogP contribution >= 0.6 is 11.6 Å². The molecule has 0 saturated heterocycles. The first-order valence-corrected chi connectivity index (χ1v) is 11.6. The fourth-order valence-corrected chi connectivity index (χ4v) is 4.89. The van der Waals surface area contributed by atoms with Crippen LogP contribution in [0.5, 0.6) is 0 Å². The molecule has 0 aromatic carbocycles. The molecule has 11 heteroatoms. The maximum atomic E-state index is 13.2. The van der Waals surface area contributed by atoms with Crippen molar-refractivity contribution >= 4 is 33.3 Å². The molecule has 0 saturated carbocycles. The number of anilines is 1. The van der Waals surface area contributed by atoms with Gasteiger partial charge in [0.15, 0.2) is 0 Å². The van der Waals surface area contributed by atoms with Gasteiger partial charge in [0.05, 0.1) is 30.0 Å². The Balaban J connectivity index is 1.69. The number of sulfonamides is 1. The first-order chi connectivity index (χ1) is 14.7. The number of halogens is 2. The summed E-state index contributed by atoms with van der Waals surface area (Å²) in [4.78, 5) is 11.6. The Morgan fingerprint density at radius 3 is 2.58 bits per heavy atom. The van der Waals surface area contributed by atoms with E-state index in [2.05, 4.69) is 20.3 Å². The van der Waals surface area contributed by atoms with E-state index in [4.69, 9.17) is 17.3 Å². The van der Waals surface area contributed by atoms with E-state index in [1.165, 1.54) is 22.8 Å². The quantitative estimate of drug-likeness (QED) is 0.614. The Bertz CT molecular complexity index is 1090.